The molecule has 0 heterocycles. The fraction of sp³-hybridized carbons (Fsp3) is 0.471. The van der Waals surface area contributed by atoms with Crippen molar-refractivity contribution >= 4 is 5.91 Å². The van der Waals surface area contributed by atoms with E-state index in [9.17, 15) is 4.79 Å². The fourth-order valence-corrected chi connectivity index (χ4v) is 2.31. The molecule has 1 unspecified atom stereocenters. The van der Waals surface area contributed by atoms with Gasteiger partial charge in [0.15, 0.2) is 0 Å². The number of hydrogen-bond donors (Lipinski definition) is 1. The Bertz CT molecular complexity index is 564. The lowest BCUT2D eigenvalue weighted by Gasteiger charge is -2.25. The molecule has 0 aliphatic heterocycles. The van der Waals surface area contributed by atoms with Gasteiger partial charge < -0.3 is 10.0 Å². The summed E-state index contributed by atoms with van der Waals surface area (Å²) in [6.07, 6.45) is 2.44. The molecule has 0 saturated heterocycles. The molecule has 0 radical (unpaired) electrons. The third kappa shape index (κ3) is 3.20. The maximum atomic E-state index is 12.5. The molecule has 1 aliphatic rings. The largest absolute Gasteiger partial charge is 0.384 e. The summed E-state index contributed by atoms with van der Waals surface area (Å²) < 4.78 is 0. The summed E-state index contributed by atoms with van der Waals surface area (Å²) >= 11 is 0. The van der Waals surface area contributed by atoms with E-state index in [2.05, 4.69) is 18.8 Å². The lowest BCUT2D eigenvalue weighted by atomic mass is 10.0. The summed E-state index contributed by atoms with van der Waals surface area (Å²) in [5.41, 5.74) is 2.48. The van der Waals surface area contributed by atoms with Crippen molar-refractivity contribution in [3.8, 4) is 11.8 Å². The quantitative estimate of drug-likeness (QED) is 0.856. The minimum absolute atomic E-state index is 0.0384. The monoisotopic (exact) mass is 271 g/mol. The predicted octanol–water partition coefficient (Wildman–Crippen LogP) is 2.21. The zero-order chi connectivity index (χ0) is 14.7. The highest BCUT2D eigenvalue weighted by Crippen LogP contribution is 2.35. The molecule has 3 nitrogen and oxygen atoms in total. The highest BCUT2D eigenvalue weighted by atomic mass is 16.2. The Morgan fingerprint density at radius 3 is 2.80 bits per heavy atom. The SMILES string of the molecule is Cc1ccc(C(=O)N(C)C(C)C2CC2)cc1C#CCO. The van der Waals surface area contributed by atoms with E-state index in [1.807, 2.05) is 37.1 Å². The van der Waals surface area contributed by atoms with E-state index in [1.165, 1.54) is 12.8 Å². The van der Waals surface area contributed by atoms with Gasteiger partial charge in [-0.05, 0) is 50.3 Å². The molecule has 1 aromatic rings. The van der Waals surface area contributed by atoms with Gasteiger partial charge in [0.2, 0.25) is 0 Å². The van der Waals surface area contributed by atoms with Crippen molar-refractivity contribution in [3.05, 3.63) is 34.9 Å². The molecule has 0 spiro atoms. The smallest absolute Gasteiger partial charge is 0.253 e. The van der Waals surface area contributed by atoms with Crippen LogP contribution in [0.2, 0.25) is 0 Å². The molecule has 0 bridgehead atoms. The second kappa shape index (κ2) is 6.11. The van der Waals surface area contributed by atoms with Gasteiger partial charge in [0.05, 0.1) is 0 Å². The molecule has 106 valence electrons. The van der Waals surface area contributed by atoms with Crippen LogP contribution in [0.1, 0.15) is 41.3 Å². The molecule has 3 heteroatoms. The second-order valence-electron chi connectivity index (χ2n) is 5.48. The average molecular weight is 271 g/mol. The zero-order valence-corrected chi connectivity index (χ0v) is 12.3. The summed E-state index contributed by atoms with van der Waals surface area (Å²) in [7, 11) is 1.87. The van der Waals surface area contributed by atoms with E-state index in [1.54, 1.807) is 0 Å². The number of amides is 1. The molecular formula is C17H21NO2. The normalized spacial score (nSPS) is 15.2. The van der Waals surface area contributed by atoms with Gasteiger partial charge in [0, 0.05) is 24.2 Å². The number of carbonyl (C=O) groups is 1. The Hall–Kier alpha value is -1.79. The number of aryl methyl sites for hydroxylation is 1. The van der Waals surface area contributed by atoms with Gasteiger partial charge >= 0.3 is 0 Å². The van der Waals surface area contributed by atoms with Crippen molar-refractivity contribution in [3.63, 3.8) is 0 Å². The molecule has 1 aliphatic carbocycles. The third-order valence-electron chi connectivity index (χ3n) is 4.02. The topological polar surface area (TPSA) is 40.5 Å². The van der Waals surface area contributed by atoms with Crippen molar-refractivity contribution in [2.24, 2.45) is 5.92 Å². The fourth-order valence-electron chi connectivity index (χ4n) is 2.31. The first-order valence-electron chi connectivity index (χ1n) is 7.02. The lowest BCUT2D eigenvalue weighted by molar-refractivity contribution is 0.0727. The molecule has 1 aromatic carbocycles. The second-order valence-corrected chi connectivity index (χ2v) is 5.48. The Balaban J connectivity index is 2.21. The van der Waals surface area contributed by atoms with Crippen LogP contribution in [-0.4, -0.2) is 35.6 Å². The van der Waals surface area contributed by atoms with Crippen LogP contribution >= 0.6 is 0 Å². The Kier molecular flexibility index (Phi) is 4.46. The molecule has 2 rings (SSSR count). The van der Waals surface area contributed by atoms with Gasteiger partial charge in [-0.2, -0.15) is 0 Å². The molecule has 1 amide bonds. The molecular weight excluding hydrogens is 250 g/mol. The number of aliphatic hydroxyl groups excluding tert-OH is 1. The van der Waals surface area contributed by atoms with Crippen molar-refractivity contribution in [2.75, 3.05) is 13.7 Å². The average Bonchev–Trinajstić information content (AvgIpc) is 3.28. The summed E-state index contributed by atoms with van der Waals surface area (Å²) in [6, 6.07) is 5.86. The highest BCUT2D eigenvalue weighted by molar-refractivity contribution is 5.94. The minimum atomic E-state index is -0.170. The van der Waals surface area contributed by atoms with E-state index < -0.39 is 0 Å². The van der Waals surface area contributed by atoms with Crippen LogP contribution in [0.4, 0.5) is 0 Å². The first-order chi connectivity index (χ1) is 9.54. The van der Waals surface area contributed by atoms with Crippen LogP contribution in [0.3, 0.4) is 0 Å². The minimum Gasteiger partial charge on any atom is -0.384 e. The van der Waals surface area contributed by atoms with Crippen LogP contribution in [-0.2, 0) is 0 Å². The number of rotatable bonds is 3. The number of carbonyl (C=O) groups excluding carboxylic acids is 1. The summed E-state index contributed by atoms with van der Waals surface area (Å²) in [5.74, 6) is 6.22. The first kappa shape index (κ1) is 14.6. The van der Waals surface area contributed by atoms with E-state index in [0.717, 1.165) is 11.1 Å². The van der Waals surface area contributed by atoms with Crippen molar-refractivity contribution in [2.45, 2.75) is 32.7 Å². The molecule has 0 aromatic heterocycles. The van der Waals surface area contributed by atoms with Crippen molar-refractivity contribution in [1.82, 2.24) is 4.90 Å². The molecule has 1 saturated carbocycles. The molecule has 20 heavy (non-hydrogen) atoms. The highest BCUT2D eigenvalue weighted by Gasteiger charge is 2.32. The van der Waals surface area contributed by atoms with E-state index >= 15 is 0 Å². The van der Waals surface area contributed by atoms with Crippen LogP contribution < -0.4 is 0 Å². The van der Waals surface area contributed by atoms with E-state index in [4.69, 9.17) is 5.11 Å². The first-order valence-corrected chi connectivity index (χ1v) is 7.02. The summed E-state index contributed by atoms with van der Waals surface area (Å²) in [4.78, 5) is 14.3. The number of hydrogen-bond acceptors (Lipinski definition) is 2. The summed E-state index contributed by atoms with van der Waals surface area (Å²) in [5, 5.41) is 8.78. The van der Waals surface area contributed by atoms with Crippen LogP contribution in [0.25, 0.3) is 0 Å². The van der Waals surface area contributed by atoms with Crippen LogP contribution in [0, 0.1) is 24.7 Å². The number of aliphatic hydroxyl groups is 1. The van der Waals surface area contributed by atoms with Crippen LogP contribution in [0.5, 0.6) is 0 Å². The maximum absolute atomic E-state index is 12.5. The van der Waals surface area contributed by atoms with Gasteiger partial charge in [0.1, 0.15) is 6.61 Å². The Morgan fingerprint density at radius 1 is 1.50 bits per heavy atom. The summed E-state index contributed by atoms with van der Waals surface area (Å²) in [6.45, 7) is 3.89. The van der Waals surface area contributed by atoms with Crippen molar-refractivity contribution < 1.29 is 9.90 Å². The molecule has 1 N–H and O–H groups in total. The van der Waals surface area contributed by atoms with Gasteiger partial charge in [0.25, 0.3) is 5.91 Å². The Labute approximate surface area is 120 Å². The van der Waals surface area contributed by atoms with E-state index in [-0.39, 0.29) is 18.6 Å². The molecule has 1 atom stereocenters. The van der Waals surface area contributed by atoms with Gasteiger partial charge in [-0.3, -0.25) is 4.79 Å². The van der Waals surface area contributed by atoms with Gasteiger partial charge in [-0.1, -0.05) is 17.9 Å². The van der Waals surface area contributed by atoms with E-state index in [0.29, 0.717) is 11.5 Å². The standard InChI is InChI=1S/C17H21NO2/c1-12-6-7-16(11-15(12)5-4-10-19)17(20)18(3)13(2)14-8-9-14/h6-7,11,13-14,19H,8-10H2,1-3H3. The van der Waals surface area contributed by atoms with Gasteiger partial charge in [-0.15, -0.1) is 0 Å². The third-order valence-corrected chi connectivity index (χ3v) is 4.02. The number of nitrogens with zero attached hydrogens (tertiary/aromatic N) is 1. The molecule has 1 fully saturated rings. The number of benzene rings is 1. The van der Waals surface area contributed by atoms with Crippen molar-refractivity contribution in [1.29, 1.82) is 0 Å². The zero-order valence-electron chi connectivity index (χ0n) is 12.3. The lowest BCUT2D eigenvalue weighted by Crippen LogP contribution is -2.36. The van der Waals surface area contributed by atoms with Crippen LogP contribution in [0.15, 0.2) is 18.2 Å². The van der Waals surface area contributed by atoms with Gasteiger partial charge in [-0.25, -0.2) is 0 Å². The maximum Gasteiger partial charge on any atom is 0.253 e. The Morgan fingerprint density at radius 2 is 2.20 bits per heavy atom. The predicted molar refractivity (Wildman–Crippen MR) is 79.4 cm³/mol.